The van der Waals surface area contributed by atoms with Gasteiger partial charge in [-0.15, -0.1) is 6.58 Å². The van der Waals surface area contributed by atoms with E-state index in [-0.39, 0.29) is 30.5 Å². The SMILES string of the molecule is C=C[C@H]1CC[C@H]2[C@@H]3CC=C4C[C@@H](O[C@H]5O[C@@H](COC(C)=O)[C@@H](OC(=O)CCC)[C@@H](OC(C)=O)[C@@H]5NC(C)=O)CC[C@]4(C)[C@H]3CC[C@]12C. The Morgan fingerprint density at radius 3 is 2.43 bits per heavy atom. The molecule has 1 amide bonds. The number of esters is 3. The van der Waals surface area contributed by atoms with Crippen molar-refractivity contribution < 1.29 is 42.9 Å². The molecule has 5 aliphatic rings. The molecule has 0 radical (unpaired) electrons. The van der Waals surface area contributed by atoms with Crippen LogP contribution in [0.25, 0.3) is 0 Å². The molecular formula is C37H55NO9. The molecule has 5 rings (SSSR count). The first-order valence-electron chi connectivity index (χ1n) is 17.7. The first-order chi connectivity index (χ1) is 22.3. The van der Waals surface area contributed by atoms with E-state index < -0.39 is 48.6 Å². The minimum Gasteiger partial charge on any atom is -0.463 e. The molecule has 0 spiro atoms. The summed E-state index contributed by atoms with van der Waals surface area (Å²) in [5.41, 5.74) is 1.90. The lowest BCUT2D eigenvalue weighted by molar-refractivity contribution is -0.290. The summed E-state index contributed by atoms with van der Waals surface area (Å²) in [4.78, 5) is 49.3. The third-order valence-electron chi connectivity index (χ3n) is 12.2. The highest BCUT2D eigenvalue weighted by atomic mass is 16.7. The quantitative estimate of drug-likeness (QED) is 0.182. The van der Waals surface area contributed by atoms with Gasteiger partial charge in [0.05, 0.1) is 6.10 Å². The second kappa shape index (κ2) is 14.4. The Kier molecular flexibility index (Phi) is 10.9. The predicted octanol–water partition coefficient (Wildman–Crippen LogP) is 5.57. The molecule has 47 heavy (non-hydrogen) atoms. The Morgan fingerprint density at radius 1 is 1.00 bits per heavy atom. The van der Waals surface area contributed by atoms with Crippen LogP contribution in [-0.2, 0) is 42.9 Å². The van der Waals surface area contributed by atoms with Gasteiger partial charge in [-0.2, -0.15) is 0 Å². The number of hydrogen-bond donors (Lipinski definition) is 1. The van der Waals surface area contributed by atoms with Crippen molar-refractivity contribution in [1.29, 1.82) is 0 Å². The number of hydrogen-bond acceptors (Lipinski definition) is 9. The van der Waals surface area contributed by atoms with Crippen LogP contribution in [0.15, 0.2) is 24.3 Å². The fourth-order valence-electron chi connectivity index (χ4n) is 9.99. The molecule has 0 aromatic heterocycles. The molecule has 1 aliphatic heterocycles. The maximum atomic E-state index is 12.7. The van der Waals surface area contributed by atoms with Crippen molar-refractivity contribution in [2.75, 3.05) is 6.61 Å². The summed E-state index contributed by atoms with van der Waals surface area (Å²) < 4.78 is 29.8. The number of amides is 1. The second-order valence-electron chi connectivity index (χ2n) is 15.1. The average molecular weight is 658 g/mol. The van der Waals surface area contributed by atoms with Crippen LogP contribution in [0.2, 0.25) is 0 Å². The third-order valence-corrected chi connectivity index (χ3v) is 12.2. The molecule has 0 aromatic rings. The smallest absolute Gasteiger partial charge is 0.306 e. The molecular weight excluding hydrogens is 602 g/mol. The molecule has 10 nitrogen and oxygen atoms in total. The van der Waals surface area contributed by atoms with Crippen molar-refractivity contribution in [3.8, 4) is 0 Å². The van der Waals surface area contributed by atoms with Crippen molar-refractivity contribution >= 4 is 23.8 Å². The van der Waals surface area contributed by atoms with E-state index in [0.29, 0.717) is 29.6 Å². The van der Waals surface area contributed by atoms with Gasteiger partial charge in [-0.25, -0.2) is 0 Å². The zero-order chi connectivity index (χ0) is 34.1. The first-order valence-corrected chi connectivity index (χ1v) is 17.7. The second-order valence-corrected chi connectivity index (χ2v) is 15.1. The Morgan fingerprint density at radius 2 is 1.77 bits per heavy atom. The number of nitrogens with one attached hydrogen (secondary N) is 1. The first kappa shape index (κ1) is 35.6. The Labute approximate surface area is 279 Å². The summed E-state index contributed by atoms with van der Waals surface area (Å²) in [6, 6.07) is -0.960. The number of carbonyl (C=O) groups excluding carboxylic acids is 4. The molecule has 0 aromatic carbocycles. The summed E-state index contributed by atoms with van der Waals surface area (Å²) in [7, 11) is 0. The molecule has 0 bridgehead atoms. The number of ether oxygens (including phenoxy) is 5. The van der Waals surface area contributed by atoms with Gasteiger partial charge in [0.1, 0.15) is 18.8 Å². The van der Waals surface area contributed by atoms with Crippen LogP contribution in [0, 0.1) is 34.5 Å². The summed E-state index contributed by atoms with van der Waals surface area (Å²) in [6.07, 6.45) is 9.53. The van der Waals surface area contributed by atoms with Crippen LogP contribution in [-0.4, -0.2) is 67.2 Å². The van der Waals surface area contributed by atoms with E-state index in [9.17, 15) is 19.2 Å². The number of carbonyl (C=O) groups is 4. The molecule has 12 atom stereocenters. The van der Waals surface area contributed by atoms with Crippen LogP contribution in [0.3, 0.4) is 0 Å². The molecule has 3 saturated carbocycles. The van der Waals surface area contributed by atoms with Crippen LogP contribution in [0.1, 0.15) is 106 Å². The fraction of sp³-hybridized carbons (Fsp3) is 0.784. The van der Waals surface area contributed by atoms with E-state index in [4.69, 9.17) is 23.7 Å². The summed E-state index contributed by atoms with van der Waals surface area (Å²) in [5, 5.41) is 2.84. The van der Waals surface area contributed by atoms with Gasteiger partial charge < -0.3 is 29.0 Å². The van der Waals surface area contributed by atoms with Crippen molar-refractivity contribution in [3.63, 3.8) is 0 Å². The minimum atomic E-state index is -1.13. The van der Waals surface area contributed by atoms with Crippen molar-refractivity contribution in [2.24, 2.45) is 34.5 Å². The fourth-order valence-corrected chi connectivity index (χ4v) is 9.99. The van der Waals surface area contributed by atoms with Gasteiger partial charge in [0.15, 0.2) is 18.5 Å². The zero-order valence-corrected chi connectivity index (χ0v) is 29.1. The molecule has 1 heterocycles. The third kappa shape index (κ3) is 7.19. The maximum Gasteiger partial charge on any atom is 0.306 e. The summed E-state index contributed by atoms with van der Waals surface area (Å²) >= 11 is 0. The normalized spacial score (nSPS) is 40.9. The maximum absolute atomic E-state index is 12.7. The topological polar surface area (TPSA) is 126 Å². The van der Waals surface area contributed by atoms with Gasteiger partial charge in [-0.3, -0.25) is 19.2 Å². The zero-order valence-electron chi connectivity index (χ0n) is 29.1. The number of fused-ring (bicyclic) bond motifs is 5. The summed E-state index contributed by atoms with van der Waals surface area (Å²) in [6.45, 7) is 14.6. The van der Waals surface area contributed by atoms with Crippen LogP contribution in [0.4, 0.5) is 0 Å². The Balaban J connectivity index is 1.37. The van der Waals surface area contributed by atoms with E-state index >= 15 is 0 Å². The molecule has 1 saturated heterocycles. The van der Waals surface area contributed by atoms with E-state index in [1.54, 1.807) is 0 Å². The van der Waals surface area contributed by atoms with E-state index in [1.165, 1.54) is 52.0 Å². The standard InChI is InChI=1S/C37H55NO9/c1-8-10-31(42)47-33-30(20-43-22(4)40)46-35(32(38-21(3)39)34(33)44-23(5)41)45-26-15-17-37(7)25(19-26)11-13-27-28-14-12-24(9-2)36(28,6)18-16-29(27)37/h9,11,24,26-30,32-35H,2,8,10,12-20H2,1,3-7H3,(H,38,39)/t24-,26-,27-,28-,29-,30-,32-,33+,34-,35-,36+,37-/m0/s1. The lowest BCUT2D eigenvalue weighted by Crippen LogP contribution is -2.67. The monoisotopic (exact) mass is 657 g/mol. The minimum absolute atomic E-state index is 0.109. The molecule has 262 valence electrons. The number of rotatable bonds is 10. The van der Waals surface area contributed by atoms with Gasteiger partial charge in [0, 0.05) is 27.2 Å². The lowest BCUT2D eigenvalue weighted by Gasteiger charge is -2.58. The van der Waals surface area contributed by atoms with Crippen molar-refractivity contribution in [1.82, 2.24) is 5.32 Å². The largest absolute Gasteiger partial charge is 0.463 e. The van der Waals surface area contributed by atoms with Gasteiger partial charge in [0.25, 0.3) is 0 Å². The Hall–Kier alpha value is -2.72. The van der Waals surface area contributed by atoms with E-state index in [0.717, 1.165) is 31.6 Å². The van der Waals surface area contributed by atoms with Gasteiger partial charge in [0.2, 0.25) is 5.91 Å². The highest BCUT2D eigenvalue weighted by Gasteiger charge is 2.59. The average Bonchev–Trinajstić information content (AvgIpc) is 3.35. The highest BCUT2D eigenvalue weighted by Crippen LogP contribution is 2.66. The van der Waals surface area contributed by atoms with Gasteiger partial charge in [-0.1, -0.05) is 38.5 Å². The van der Waals surface area contributed by atoms with Crippen LogP contribution >= 0.6 is 0 Å². The van der Waals surface area contributed by atoms with Crippen LogP contribution in [0.5, 0.6) is 0 Å². The molecule has 4 aliphatic carbocycles. The van der Waals surface area contributed by atoms with Crippen molar-refractivity contribution in [3.05, 3.63) is 24.3 Å². The van der Waals surface area contributed by atoms with Crippen LogP contribution < -0.4 is 5.32 Å². The summed E-state index contributed by atoms with van der Waals surface area (Å²) in [5.74, 6) is 0.627. The van der Waals surface area contributed by atoms with Crippen molar-refractivity contribution in [2.45, 2.75) is 142 Å². The molecule has 4 fully saturated rings. The number of allylic oxidation sites excluding steroid dienone is 2. The highest BCUT2D eigenvalue weighted by molar-refractivity contribution is 5.74. The molecule has 1 N–H and O–H groups in total. The predicted molar refractivity (Wildman–Crippen MR) is 174 cm³/mol. The van der Waals surface area contributed by atoms with E-state index in [1.807, 2.05) is 6.92 Å². The molecule has 0 unspecified atom stereocenters. The Bertz CT molecular complexity index is 1250. The lowest BCUT2D eigenvalue weighted by atomic mass is 9.47. The van der Waals surface area contributed by atoms with Gasteiger partial charge >= 0.3 is 17.9 Å². The molecule has 10 heteroatoms. The van der Waals surface area contributed by atoms with E-state index in [2.05, 4.69) is 37.9 Å². The van der Waals surface area contributed by atoms with Gasteiger partial charge in [-0.05, 0) is 92.3 Å².